The minimum Gasteiger partial charge on any atom is -0.462 e. The van der Waals surface area contributed by atoms with Crippen LogP contribution in [0.4, 0.5) is 0 Å². The van der Waals surface area contributed by atoms with Crippen molar-refractivity contribution < 1.29 is 56.6 Å². The van der Waals surface area contributed by atoms with E-state index < -0.39 is 32.5 Å². The molecule has 0 aromatic rings. The van der Waals surface area contributed by atoms with Crippen molar-refractivity contribution in [3.63, 3.8) is 0 Å². The van der Waals surface area contributed by atoms with Crippen molar-refractivity contribution in [2.24, 2.45) is 0 Å². The number of rotatable bonds is 51. The van der Waals surface area contributed by atoms with E-state index in [9.17, 15) is 23.8 Å². The number of ether oxygens (including phenoxy) is 5. The summed E-state index contributed by atoms with van der Waals surface area (Å²) in [6.45, 7) is 5.95. The normalized spacial score (nSPS) is 13.1. The number of amides is 1. The Morgan fingerprint density at radius 1 is 0.508 bits per heavy atom. The Morgan fingerprint density at radius 3 is 1.48 bits per heavy atom. The third-order valence-electron chi connectivity index (χ3n) is 10.9. The van der Waals surface area contributed by atoms with E-state index in [2.05, 4.69) is 43.5 Å². The molecule has 0 radical (unpaired) electrons. The largest absolute Gasteiger partial charge is 0.472 e. The number of esters is 2. The summed E-state index contributed by atoms with van der Waals surface area (Å²) < 4.78 is 49.6. The lowest BCUT2D eigenvalue weighted by molar-refractivity contribution is -0.161. The lowest BCUT2D eigenvalue weighted by Gasteiger charge is -2.20. The van der Waals surface area contributed by atoms with Crippen LogP contribution in [0, 0.1) is 0 Å². The molecule has 0 heterocycles. The summed E-state index contributed by atoms with van der Waals surface area (Å²) in [4.78, 5) is 47.9. The molecule has 0 spiro atoms. The van der Waals surface area contributed by atoms with E-state index >= 15 is 0 Å². The first-order valence-electron chi connectivity index (χ1n) is 25.9. The summed E-state index contributed by atoms with van der Waals surface area (Å²) in [5.74, 6) is -1.12. The van der Waals surface area contributed by atoms with Gasteiger partial charge in [-0.15, -0.1) is 0 Å². The maximum Gasteiger partial charge on any atom is 0.472 e. The highest BCUT2D eigenvalue weighted by molar-refractivity contribution is 7.47. The van der Waals surface area contributed by atoms with Gasteiger partial charge in [-0.1, -0.05) is 141 Å². The minimum atomic E-state index is -4.57. The van der Waals surface area contributed by atoms with E-state index in [0.29, 0.717) is 58.7 Å². The predicted molar refractivity (Wildman–Crippen MR) is 262 cm³/mol. The molecule has 0 fully saturated rings. The van der Waals surface area contributed by atoms with Gasteiger partial charge in [0.25, 0.3) is 0 Å². The van der Waals surface area contributed by atoms with Gasteiger partial charge in [0.1, 0.15) is 6.61 Å². The number of carbonyl (C=O) groups excluding carboxylic acids is 3. The minimum absolute atomic E-state index is 0.00436. The summed E-state index contributed by atoms with van der Waals surface area (Å²) >= 11 is 0. The van der Waals surface area contributed by atoms with Crippen molar-refractivity contribution in [3.8, 4) is 0 Å². The molecular weight excluding hydrogens is 850 g/mol. The molecule has 0 aromatic heterocycles. The fourth-order valence-corrected chi connectivity index (χ4v) is 7.66. The van der Waals surface area contributed by atoms with Gasteiger partial charge < -0.3 is 33.9 Å². The lowest BCUT2D eigenvalue weighted by Crippen LogP contribution is -2.30. The van der Waals surface area contributed by atoms with Crippen LogP contribution >= 0.6 is 7.82 Å². The van der Waals surface area contributed by atoms with Gasteiger partial charge in [0.15, 0.2) is 6.10 Å². The molecule has 2 N–H and O–H groups in total. The molecule has 0 bridgehead atoms. The van der Waals surface area contributed by atoms with Gasteiger partial charge in [0.2, 0.25) is 5.91 Å². The van der Waals surface area contributed by atoms with E-state index in [1.54, 1.807) is 7.11 Å². The molecule has 65 heavy (non-hydrogen) atoms. The maximum absolute atomic E-state index is 12.8. The molecule has 13 nitrogen and oxygen atoms in total. The zero-order valence-corrected chi connectivity index (χ0v) is 42.5. The van der Waals surface area contributed by atoms with Crippen molar-refractivity contribution in [2.45, 2.75) is 219 Å². The number of methoxy groups -OCH3 is 1. The van der Waals surface area contributed by atoms with E-state index in [1.807, 2.05) is 0 Å². The summed E-state index contributed by atoms with van der Waals surface area (Å²) in [7, 11) is -2.95. The van der Waals surface area contributed by atoms with Crippen molar-refractivity contribution in [1.82, 2.24) is 5.32 Å². The molecule has 0 saturated carbocycles. The first-order chi connectivity index (χ1) is 31.7. The van der Waals surface area contributed by atoms with Crippen LogP contribution in [0.3, 0.4) is 0 Å². The highest BCUT2D eigenvalue weighted by Crippen LogP contribution is 2.43. The first kappa shape index (κ1) is 62.9. The highest BCUT2D eigenvalue weighted by atomic mass is 31.2. The van der Waals surface area contributed by atoms with Crippen LogP contribution in [0.1, 0.15) is 213 Å². The van der Waals surface area contributed by atoms with Crippen molar-refractivity contribution in [1.29, 1.82) is 0 Å². The molecule has 1 unspecified atom stereocenters. The van der Waals surface area contributed by atoms with Gasteiger partial charge in [0, 0.05) is 39.5 Å². The smallest absolute Gasteiger partial charge is 0.462 e. The topological polar surface area (TPSA) is 165 Å². The number of carbonyl (C=O) groups is 3. The average Bonchev–Trinajstić information content (AvgIpc) is 3.29. The molecule has 0 aliphatic rings. The quantitative estimate of drug-likeness (QED) is 0.0257. The number of nitrogens with one attached hydrogen (secondary N) is 1. The van der Waals surface area contributed by atoms with Crippen LogP contribution < -0.4 is 5.32 Å². The van der Waals surface area contributed by atoms with Gasteiger partial charge in [-0.05, 0) is 77.0 Å². The highest BCUT2D eigenvalue weighted by Gasteiger charge is 2.26. The average molecular weight is 946 g/mol. The molecule has 2 atom stereocenters. The standard InChI is InChI=1S/C51H96NO12P/c1-4-6-8-10-12-14-16-18-20-22-24-26-28-30-32-37-50(54)61-46-48(64-51(55)38-33-31-29-27-25-23-21-19-17-15-13-11-9-7-5-2)47-63-65(56,57)62-41-39-52-49(53)36-34-35-40-59-44-45-60-43-42-58-3/h18-21,48H,4-17,22-47H2,1-3H3,(H,52,53)(H,56,57)/b20-18-,21-19-/t48-/m1/s1. The van der Waals surface area contributed by atoms with Crippen LogP contribution in [0.25, 0.3) is 0 Å². The first-order valence-corrected chi connectivity index (χ1v) is 27.4. The van der Waals surface area contributed by atoms with Gasteiger partial charge in [-0.3, -0.25) is 23.4 Å². The number of hydrogen-bond donors (Lipinski definition) is 2. The van der Waals surface area contributed by atoms with Gasteiger partial charge in [0.05, 0.1) is 39.6 Å². The number of hydrogen-bond acceptors (Lipinski definition) is 11. The van der Waals surface area contributed by atoms with E-state index in [4.69, 9.17) is 32.7 Å². The fourth-order valence-electron chi connectivity index (χ4n) is 6.91. The van der Waals surface area contributed by atoms with Crippen LogP contribution in [0.15, 0.2) is 24.3 Å². The van der Waals surface area contributed by atoms with E-state index in [1.165, 1.54) is 83.5 Å². The molecule has 1 amide bonds. The van der Waals surface area contributed by atoms with Gasteiger partial charge >= 0.3 is 19.8 Å². The third kappa shape index (κ3) is 49.6. The van der Waals surface area contributed by atoms with Crippen molar-refractivity contribution in [2.75, 3.05) is 66.5 Å². The number of phosphoric ester groups is 1. The Morgan fingerprint density at radius 2 is 0.954 bits per heavy atom. The zero-order chi connectivity index (χ0) is 47.6. The number of allylic oxidation sites excluding steroid dienone is 4. The van der Waals surface area contributed by atoms with Gasteiger partial charge in [-0.25, -0.2) is 4.57 Å². The monoisotopic (exact) mass is 946 g/mol. The molecule has 0 aliphatic carbocycles. The van der Waals surface area contributed by atoms with E-state index in [0.717, 1.165) is 70.6 Å². The summed E-state index contributed by atoms with van der Waals surface area (Å²) in [5.41, 5.74) is 0. The van der Waals surface area contributed by atoms with E-state index in [-0.39, 0.29) is 44.9 Å². The Labute approximate surface area is 396 Å². The summed E-state index contributed by atoms with van der Waals surface area (Å²) in [6.07, 6.45) is 40.1. The molecule has 0 aromatic carbocycles. The van der Waals surface area contributed by atoms with Crippen LogP contribution in [-0.2, 0) is 51.7 Å². The summed E-state index contributed by atoms with van der Waals surface area (Å²) in [5, 5.41) is 2.65. The third-order valence-corrected chi connectivity index (χ3v) is 11.8. The van der Waals surface area contributed by atoms with Crippen LogP contribution in [0.2, 0.25) is 0 Å². The Bertz CT molecular complexity index is 1190. The Hall–Kier alpha value is -2.12. The SMILES string of the molecule is CCCCCCCC/C=C\CCCCCCCC(=O)OC[C@H](COP(=O)(O)OCCNC(=O)CCCCOCCOCCOC)OC(=O)CCCCCCC/C=C\CCCCCCCC. The zero-order valence-electron chi connectivity index (χ0n) is 41.6. The molecule has 0 saturated heterocycles. The van der Waals surface area contributed by atoms with Crippen LogP contribution in [-0.4, -0.2) is 95.4 Å². The Balaban J connectivity index is 4.55. The second kappa shape index (κ2) is 49.8. The molecule has 382 valence electrons. The molecule has 0 aliphatic heterocycles. The molecule has 0 rings (SSSR count). The maximum atomic E-state index is 12.8. The van der Waals surface area contributed by atoms with Crippen LogP contribution in [0.5, 0.6) is 0 Å². The second-order valence-corrected chi connectivity index (χ2v) is 18.5. The summed E-state index contributed by atoms with van der Waals surface area (Å²) in [6, 6.07) is 0. The molecular formula is C51H96NO12P. The van der Waals surface area contributed by atoms with Crippen molar-refractivity contribution in [3.05, 3.63) is 24.3 Å². The second-order valence-electron chi connectivity index (χ2n) is 17.1. The lowest BCUT2D eigenvalue weighted by atomic mass is 10.1. The molecule has 14 heteroatoms. The predicted octanol–water partition coefficient (Wildman–Crippen LogP) is 12.6. The Kier molecular flexibility index (Phi) is 48.2. The fraction of sp³-hybridized carbons (Fsp3) is 0.863. The van der Waals surface area contributed by atoms with Crippen molar-refractivity contribution >= 4 is 25.7 Å². The van der Waals surface area contributed by atoms with Gasteiger partial charge in [-0.2, -0.15) is 0 Å². The number of phosphoric acid groups is 1. The number of unbranched alkanes of at least 4 members (excludes halogenated alkanes) is 23.